The van der Waals surface area contributed by atoms with Gasteiger partial charge in [0.1, 0.15) is 11.4 Å². The molecule has 0 radical (unpaired) electrons. The van der Waals surface area contributed by atoms with Crippen molar-refractivity contribution in [3.8, 4) is 22.9 Å². The van der Waals surface area contributed by atoms with Crippen molar-refractivity contribution in [2.45, 2.75) is 77.9 Å². The minimum Gasteiger partial charge on any atom is -0.444 e. The number of ether oxygens (including phenoxy) is 2. The van der Waals surface area contributed by atoms with Crippen LogP contribution >= 0.6 is 0 Å². The van der Waals surface area contributed by atoms with E-state index in [0.29, 0.717) is 42.8 Å². The minimum absolute atomic E-state index is 0.00949. The maximum absolute atomic E-state index is 13.0. The maximum Gasteiger partial charge on any atom is 0.410 e. The van der Waals surface area contributed by atoms with E-state index in [4.69, 9.17) is 14.5 Å². The molecule has 0 aliphatic carbocycles. The van der Waals surface area contributed by atoms with E-state index in [2.05, 4.69) is 21.4 Å². The number of anilines is 2. The predicted molar refractivity (Wildman–Crippen MR) is 179 cm³/mol. The van der Waals surface area contributed by atoms with Crippen LogP contribution in [0.2, 0.25) is 0 Å². The number of carbonyl (C=O) groups is 2. The molecule has 2 amide bonds. The highest BCUT2D eigenvalue weighted by Crippen LogP contribution is 2.40. The summed E-state index contributed by atoms with van der Waals surface area (Å²) in [6.45, 7) is 9.52. The fourth-order valence-corrected chi connectivity index (χ4v) is 6.14. The zero-order valence-electron chi connectivity index (χ0n) is 27.1. The molecule has 4 heterocycles. The number of nitrogens with zero attached hydrogens (tertiary/aromatic N) is 5. The van der Waals surface area contributed by atoms with Gasteiger partial charge in [0.05, 0.1) is 16.9 Å². The molecule has 2 fully saturated rings. The van der Waals surface area contributed by atoms with Crippen LogP contribution in [0.5, 0.6) is 11.6 Å². The first-order valence-corrected chi connectivity index (χ1v) is 16.2. The summed E-state index contributed by atoms with van der Waals surface area (Å²) in [5, 5.41) is 5.31. The van der Waals surface area contributed by atoms with E-state index in [0.717, 1.165) is 66.2 Å². The lowest BCUT2D eigenvalue weighted by Crippen LogP contribution is -2.47. The number of aromatic nitrogens is 3. The standard InChI is InChI=1S/C36H42N6O4/c1-24-16-17-26-27(12-8-14-30(26)42-22-7-5-6-15-31(42)43)32(24)45-33-28(13-9-19-37-33)29-18-20-38-34(40-29)39-25-11-10-21-41(23-25)35(44)46-36(2,3)4/h8-9,12-14,16-20,25H,5-7,10-11,15,21-23H2,1-4H3,(H,38,39,40)/t25-/m0/s1. The fraction of sp³-hybridized carbons (Fsp3) is 0.417. The molecule has 1 atom stereocenters. The number of hydrogen-bond acceptors (Lipinski definition) is 8. The highest BCUT2D eigenvalue weighted by Gasteiger charge is 2.28. The molecule has 10 nitrogen and oxygen atoms in total. The zero-order chi connectivity index (χ0) is 32.3. The lowest BCUT2D eigenvalue weighted by Gasteiger charge is -2.34. The monoisotopic (exact) mass is 622 g/mol. The van der Waals surface area contributed by atoms with E-state index in [9.17, 15) is 9.59 Å². The van der Waals surface area contributed by atoms with Gasteiger partial charge in [0, 0.05) is 55.3 Å². The van der Waals surface area contributed by atoms with Gasteiger partial charge in [-0.3, -0.25) is 4.79 Å². The Hall–Kier alpha value is -4.73. The predicted octanol–water partition coefficient (Wildman–Crippen LogP) is 7.51. The molecular formula is C36H42N6O4. The number of aryl methyl sites for hydroxylation is 1. The van der Waals surface area contributed by atoms with Crippen molar-refractivity contribution in [1.29, 1.82) is 0 Å². The summed E-state index contributed by atoms with van der Waals surface area (Å²) in [6, 6.07) is 15.8. The van der Waals surface area contributed by atoms with Gasteiger partial charge in [-0.05, 0) is 83.2 Å². The fourth-order valence-electron chi connectivity index (χ4n) is 6.14. The van der Waals surface area contributed by atoms with Crippen LogP contribution in [0.25, 0.3) is 22.0 Å². The van der Waals surface area contributed by atoms with Crippen LogP contribution < -0.4 is 15.0 Å². The Labute approximate surface area is 270 Å². The molecule has 4 aromatic rings. The molecule has 6 rings (SSSR count). The van der Waals surface area contributed by atoms with Crippen molar-refractivity contribution < 1.29 is 19.1 Å². The molecule has 0 spiro atoms. The molecule has 10 heteroatoms. The van der Waals surface area contributed by atoms with Crippen LogP contribution in [-0.4, -0.2) is 63.1 Å². The maximum atomic E-state index is 13.0. The number of piperidine rings is 1. The van der Waals surface area contributed by atoms with Crippen molar-refractivity contribution >= 4 is 34.4 Å². The number of likely N-dealkylation sites (tertiary alicyclic amines) is 1. The average Bonchev–Trinajstić information content (AvgIpc) is 3.25. The Bertz CT molecular complexity index is 1740. The van der Waals surface area contributed by atoms with E-state index >= 15 is 0 Å². The first-order chi connectivity index (χ1) is 22.2. The summed E-state index contributed by atoms with van der Waals surface area (Å²) in [5.74, 6) is 1.75. The summed E-state index contributed by atoms with van der Waals surface area (Å²) in [5.41, 5.74) is 2.71. The third-order valence-electron chi connectivity index (χ3n) is 8.36. The van der Waals surface area contributed by atoms with Crippen molar-refractivity contribution in [3.05, 3.63) is 66.5 Å². The summed E-state index contributed by atoms with van der Waals surface area (Å²) >= 11 is 0. The van der Waals surface area contributed by atoms with Gasteiger partial charge < -0.3 is 24.6 Å². The molecule has 0 saturated carbocycles. The van der Waals surface area contributed by atoms with Gasteiger partial charge >= 0.3 is 6.09 Å². The zero-order valence-corrected chi connectivity index (χ0v) is 27.1. The van der Waals surface area contributed by atoms with Gasteiger partial charge in [0.2, 0.25) is 17.7 Å². The molecule has 2 aliphatic rings. The number of fused-ring (bicyclic) bond motifs is 1. The Kier molecular flexibility index (Phi) is 9.05. The van der Waals surface area contributed by atoms with Crippen molar-refractivity contribution in [3.63, 3.8) is 0 Å². The summed E-state index contributed by atoms with van der Waals surface area (Å²) < 4.78 is 12.2. The molecule has 2 saturated heterocycles. The third kappa shape index (κ3) is 7.06. The van der Waals surface area contributed by atoms with Crippen LogP contribution in [0, 0.1) is 6.92 Å². The van der Waals surface area contributed by atoms with Gasteiger partial charge in [-0.15, -0.1) is 0 Å². The van der Waals surface area contributed by atoms with Crippen LogP contribution in [0.1, 0.15) is 64.9 Å². The number of benzene rings is 2. The van der Waals surface area contributed by atoms with Gasteiger partial charge in [-0.1, -0.05) is 30.7 Å². The molecule has 0 unspecified atom stereocenters. The highest BCUT2D eigenvalue weighted by atomic mass is 16.6. The topological polar surface area (TPSA) is 110 Å². The second-order valence-corrected chi connectivity index (χ2v) is 13.1. The Balaban J connectivity index is 1.26. The first kappa shape index (κ1) is 31.3. The Morgan fingerprint density at radius 3 is 2.65 bits per heavy atom. The number of carbonyl (C=O) groups excluding carboxylic acids is 2. The van der Waals surface area contributed by atoms with E-state index in [1.807, 2.05) is 75.1 Å². The van der Waals surface area contributed by atoms with Gasteiger partial charge in [0.15, 0.2) is 0 Å². The second-order valence-electron chi connectivity index (χ2n) is 13.1. The van der Waals surface area contributed by atoms with Gasteiger partial charge in [0.25, 0.3) is 0 Å². The molecule has 2 aromatic carbocycles. The number of pyridine rings is 1. The smallest absolute Gasteiger partial charge is 0.410 e. The van der Waals surface area contributed by atoms with Crippen LogP contribution in [0.3, 0.4) is 0 Å². The van der Waals surface area contributed by atoms with Crippen LogP contribution in [0.4, 0.5) is 16.4 Å². The van der Waals surface area contributed by atoms with Crippen LogP contribution in [0.15, 0.2) is 60.9 Å². The SMILES string of the molecule is Cc1ccc2c(N3CCCCCC3=O)cccc2c1Oc1ncccc1-c1ccnc(N[C@H]2CCCN(C(=O)OC(C)(C)C)C2)n1. The van der Waals surface area contributed by atoms with Crippen molar-refractivity contribution in [1.82, 2.24) is 19.9 Å². The van der Waals surface area contributed by atoms with E-state index in [1.165, 1.54) is 0 Å². The molecule has 1 N–H and O–H groups in total. The van der Waals surface area contributed by atoms with E-state index in [1.54, 1.807) is 17.3 Å². The normalized spacial score (nSPS) is 17.5. The molecule has 0 bridgehead atoms. The molecule has 240 valence electrons. The number of nitrogens with one attached hydrogen (secondary N) is 1. The van der Waals surface area contributed by atoms with Crippen molar-refractivity contribution in [2.24, 2.45) is 0 Å². The number of rotatable bonds is 6. The molecule has 46 heavy (non-hydrogen) atoms. The summed E-state index contributed by atoms with van der Waals surface area (Å²) in [6.07, 6.45) is 8.41. The molecule has 2 aromatic heterocycles. The average molecular weight is 623 g/mol. The molecular weight excluding hydrogens is 580 g/mol. The molecule has 2 aliphatic heterocycles. The summed E-state index contributed by atoms with van der Waals surface area (Å²) in [7, 11) is 0. The summed E-state index contributed by atoms with van der Waals surface area (Å²) in [4.78, 5) is 43.3. The van der Waals surface area contributed by atoms with Crippen LogP contribution in [-0.2, 0) is 9.53 Å². The van der Waals surface area contributed by atoms with E-state index < -0.39 is 5.60 Å². The lowest BCUT2D eigenvalue weighted by molar-refractivity contribution is -0.118. The first-order valence-electron chi connectivity index (χ1n) is 16.2. The second kappa shape index (κ2) is 13.3. The van der Waals surface area contributed by atoms with Gasteiger partial charge in [-0.25, -0.2) is 19.7 Å². The third-order valence-corrected chi connectivity index (χ3v) is 8.36. The Morgan fingerprint density at radius 2 is 1.80 bits per heavy atom. The lowest BCUT2D eigenvalue weighted by atomic mass is 10.0. The van der Waals surface area contributed by atoms with Crippen molar-refractivity contribution in [2.75, 3.05) is 29.9 Å². The van der Waals surface area contributed by atoms with E-state index in [-0.39, 0.29) is 18.0 Å². The Morgan fingerprint density at radius 1 is 0.935 bits per heavy atom. The minimum atomic E-state index is -0.545. The number of amides is 2. The quantitative estimate of drug-likeness (QED) is 0.235. The highest BCUT2D eigenvalue weighted by molar-refractivity contribution is 6.06. The number of hydrogen-bond donors (Lipinski definition) is 1. The van der Waals surface area contributed by atoms with Gasteiger partial charge in [-0.2, -0.15) is 0 Å². The largest absolute Gasteiger partial charge is 0.444 e.